The molecule has 0 bridgehead atoms. The van der Waals surface area contributed by atoms with Crippen LogP contribution in [0.1, 0.15) is 18.1 Å². The summed E-state index contributed by atoms with van der Waals surface area (Å²) in [7, 11) is 0. The Morgan fingerprint density at radius 1 is 1.04 bits per heavy atom. The second-order valence-electron chi connectivity index (χ2n) is 5.82. The normalized spacial score (nSPS) is 11.7. The molecule has 25 heavy (non-hydrogen) atoms. The van der Waals surface area contributed by atoms with Crippen LogP contribution in [0.25, 0.3) is 0 Å². The van der Waals surface area contributed by atoms with Crippen molar-refractivity contribution < 1.29 is 14.0 Å². The lowest BCUT2D eigenvalue weighted by molar-refractivity contribution is -0.115. The molecular formula is C19H21FN2O2S. The van der Waals surface area contributed by atoms with E-state index in [0.717, 1.165) is 11.3 Å². The van der Waals surface area contributed by atoms with Gasteiger partial charge in [-0.2, -0.15) is 0 Å². The van der Waals surface area contributed by atoms with Gasteiger partial charge in [0.2, 0.25) is 11.8 Å². The van der Waals surface area contributed by atoms with Crippen LogP contribution in [0, 0.1) is 19.7 Å². The molecule has 132 valence electrons. The minimum atomic E-state index is -0.437. The first-order chi connectivity index (χ1) is 11.8. The Morgan fingerprint density at radius 3 is 2.32 bits per heavy atom. The van der Waals surface area contributed by atoms with E-state index in [2.05, 4.69) is 10.6 Å². The maximum Gasteiger partial charge on any atom is 0.237 e. The Morgan fingerprint density at radius 2 is 1.68 bits per heavy atom. The van der Waals surface area contributed by atoms with Crippen molar-refractivity contribution in [2.24, 2.45) is 0 Å². The summed E-state index contributed by atoms with van der Waals surface area (Å²) in [4.78, 5) is 24.1. The van der Waals surface area contributed by atoms with Crippen molar-refractivity contribution in [2.75, 3.05) is 16.4 Å². The van der Waals surface area contributed by atoms with E-state index in [9.17, 15) is 14.0 Å². The highest BCUT2D eigenvalue weighted by Crippen LogP contribution is 2.17. The molecular weight excluding hydrogens is 339 g/mol. The molecule has 0 aliphatic heterocycles. The molecule has 0 saturated carbocycles. The van der Waals surface area contributed by atoms with Crippen LogP contribution < -0.4 is 10.6 Å². The van der Waals surface area contributed by atoms with E-state index in [1.165, 1.54) is 17.8 Å². The lowest BCUT2D eigenvalue weighted by Crippen LogP contribution is -2.25. The fraction of sp³-hybridized carbons (Fsp3) is 0.263. The molecule has 2 rings (SSSR count). The van der Waals surface area contributed by atoms with E-state index in [4.69, 9.17) is 0 Å². The van der Waals surface area contributed by atoms with Crippen molar-refractivity contribution >= 4 is 35.0 Å². The van der Waals surface area contributed by atoms with Crippen molar-refractivity contribution in [1.29, 1.82) is 0 Å². The summed E-state index contributed by atoms with van der Waals surface area (Å²) in [5.74, 6) is -0.646. The van der Waals surface area contributed by atoms with Gasteiger partial charge in [-0.3, -0.25) is 9.59 Å². The number of rotatable bonds is 6. The summed E-state index contributed by atoms with van der Waals surface area (Å²) in [5, 5.41) is 5.01. The molecule has 2 aromatic carbocycles. The zero-order chi connectivity index (χ0) is 18.4. The first-order valence-electron chi connectivity index (χ1n) is 7.90. The first kappa shape index (κ1) is 19.0. The Kier molecular flexibility index (Phi) is 6.58. The van der Waals surface area contributed by atoms with E-state index in [-0.39, 0.29) is 23.4 Å². The monoisotopic (exact) mass is 360 g/mol. The number of hydrogen-bond acceptors (Lipinski definition) is 3. The quantitative estimate of drug-likeness (QED) is 0.814. The van der Waals surface area contributed by atoms with Crippen molar-refractivity contribution in [2.45, 2.75) is 26.0 Å². The number of carbonyl (C=O) groups excluding carboxylic acids is 2. The maximum atomic E-state index is 13.5. The number of amides is 2. The largest absolute Gasteiger partial charge is 0.325 e. The summed E-state index contributed by atoms with van der Waals surface area (Å²) in [5.41, 5.74) is 2.77. The lowest BCUT2D eigenvalue weighted by Gasteiger charge is -2.12. The molecule has 0 fully saturated rings. The average Bonchev–Trinajstić information content (AvgIpc) is 2.58. The second-order valence-corrected chi connectivity index (χ2v) is 7.15. The Labute approximate surface area is 151 Å². The molecule has 1 atom stereocenters. The van der Waals surface area contributed by atoms with Gasteiger partial charge in [0.15, 0.2) is 0 Å². The smallest absolute Gasteiger partial charge is 0.237 e. The van der Waals surface area contributed by atoms with Crippen LogP contribution in [0.5, 0.6) is 0 Å². The number of nitrogens with one attached hydrogen (secondary N) is 2. The Hall–Kier alpha value is -2.34. The number of benzene rings is 2. The van der Waals surface area contributed by atoms with Gasteiger partial charge in [-0.1, -0.05) is 23.8 Å². The van der Waals surface area contributed by atoms with Crippen molar-refractivity contribution in [1.82, 2.24) is 0 Å². The molecule has 0 heterocycles. The van der Waals surface area contributed by atoms with E-state index >= 15 is 0 Å². The van der Waals surface area contributed by atoms with Gasteiger partial charge in [0.1, 0.15) is 5.82 Å². The zero-order valence-corrected chi connectivity index (χ0v) is 15.2. The highest BCUT2D eigenvalue weighted by atomic mass is 32.2. The van der Waals surface area contributed by atoms with E-state index in [1.54, 1.807) is 26.0 Å². The molecule has 0 aliphatic carbocycles. The molecule has 0 aromatic heterocycles. The number of halogens is 1. The Balaban J connectivity index is 1.81. The molecule has 4 nitrogen and oxygen atoms in total. The number of anilines is 2. The SMILES string of the molecule is Cc1ccc(NC(=O)CS[C@H](C)C(=O)Nc2ccc(C)c(F)c2)cc1. The average molecular weight is 360 g/mol. The highest BCUT2D eigenvalue weighted by Gasteiger charge is 2.16. The fourth-order valence-electron chi connectivity index (χ4n) is 2.02. The van der Waals surface area contributed by atoms with Gasteiger partial charge in [0.25, 0.3) is 0 Å². The van der Waals surface area contributed by atoms with Crippen LogP contribution in [0.4, 0.5) is 15.8 Å². The van der Waals surface area contributed by atoms with Gasteiger partial charge >= 0.3 is 0 Å². The molecule has 2 N–H and O–H groups in total. The zero-order valence-electron chi connectivity index (χ0n) is 14.4. The van der Waals surface area contributed by atoms with Gasteiger partial charge in [-0.25, -0.2) is 4.39 Å². The number of aryl methyl sites for hydroxylation is 2. The Bertz CT molecular complexity index is 763. The predicted molar refractivity (Wildman–Crippen MR) is 101 cm³/mol. The van der Waals surface area contributed by atoms with Crippen LogP contribution in [-0.4, -0.2) is 22.8 Å². The first-order valence-corrected chi connectivity index (χ1v) is 8.95. The third kappa shape index (κ3) is 5.90. The number of carbonyl (C=O) groups is 2. The summed E-state index contributed by atoms with van der Waals surface area (Å²) in [6, 6.07) is 12.0. The highest BCUT2D eigenvalue weighted by molar-refractivity contribution is 8.01. The van der Waals surface area contributed by atoms with Crippen LogP contribution in [0.3, 0.4) is 0 Å². The molecule has 6 heteroatoms. The van der Waals surface area contributed by atoms with Crippen molar-refractivity contribution in [3.63, 3.8) is 0 Å². The molecule has 0 aliphatic rings. The standard InChI is InChI=1S/C19H21FN2O2S/c1-12-4-7-15(8-5-12)21-18(23)11-25-14(3)19(24)22-16-9-6-13(2)17(20)10-16/h4-10,14H,11H2,1-3H3,(H,21,23)(H,22,24)/t14-/m1/s1. The summed E-state index contributed by atoms with van der Waals surface area (Å²) in [6.07, 6.45) is 0. The van der Waals surface area contributed by atoms with Crippen LogP contribution in [0.2, 0.25) is 0 Å². The molecule has 0 unspecified atom stereocenters. The van der Waals surface area contributed by atoms with Crippen molar-refractivity contribution in [3.8, 4) is 0 Å². The summed E-state index contributed by atoms with van der Waals surface area (Å²) < 4.78 is 13.5. The van der Waals surface area contributed by atoms with E-state index in [0.29, 0.717) is 11.3 Å². The summed E-state index contributed by atoms with van der Waals surface area (Å²) in [6.45, 7) is 5.34. The van der Waals surface area contributed by atoms with Crippen LogP contribution in [-0.2, 0) is 9.59 Å². The summed E-state index contributed by atoms with van der Waals surface area (Å²) >= 11 is 1.22. The minimum absolute atomic E-state index is 0.157. The minimum Gasteiger partial charge on any atom is -0.325 e. The third-order valence-corrected chi connectivity index (χ3v) is 4.75. The molecule has 0 radical (unpaired) electrons. The number of thioether (sulfide) groups is 1. The van der Waals surface area contributed by atoms with Gasteiger partial charge in [0.05, 0.1) is 11.0 Å². The molecule has 2 aromatic rings. The van der Waals surface area contributed by atoms with Gasteiger partial charge in [0, 0.05) is 11.4 Å². The van der Waals surface area contributed by atoms with Crippen LogP contribution in [0.15, 0.2) is 42.5 Å². The van der Waals surface area contributed by atoms with Gasteiger partial charge < -0.3 is 10.6 Å². The molecule has 0 saturated heterocycles. The topological polar surface area (TPSA) is 58.2 Å². The van der Waals surface area contributed by atoms with Crippen LogP contribution >= 0.6 is 11.8 Å². The van der Waals surface area contributed by atoms with Gasteiger partial charge in [-0.05, 0) is 50.6 Å². The third-order valence-electron chi connectivity index (χ3n) is 3.61. The second kappa shape index (κ2) is 8.67. The van der Waals surface area contributed by atoms with E-state index in [1.807, 2.05) is 31.2 Å². The fourth-order valence-corrected chi connectivity index (χ4v) is 2.71. The predicted octanol–water partition coefficient (Wildman–Crippen LogP) is 4.14. The number of hydrogen-bond donors (Lipinski definition) is 2. The maximum absolute atomic E-state index is 13.5. The van der Waals surface area contributed by atoms with Gasteiger partial charge in [-0.15, -0.1) is 11.8 Å². The lowest BCUT2D eigenvalue weighted by atomic mass is 10.2. The van der Waals surface area contributed by atoms with E-state index < -0.39 is 5.25 Å². The molecule has 2 amide bonds. The van der Waals surface area contributed by atoms with Crippen molar-refractivity contribution in [3.05, 3.63) is 59.4 Å². The molecule has 0 spiro atoms.